The van der Waals surface area contributed by atoms with Crippen LogP contribution in [0.3, 0.4) is 0 Å². The van der Waals surface area contributed by atoms with Crippen molar-refractivity contribution in [3.63, 3.8) is 0 Å². The van der Waals surface area contributed by atoms with Gasteiger partial charge >= 0.3 is 23.9 Å². The van der Waals surface area contributed by atoms with Crippen molar-refractivity contribution in [1.29, 1.82) is 0 Å². The minimum atomic E-state index is -1.91. The summed E-state index contributed by atoms with van der Waals surface area (Å²) in [4.78, 5) is 199. The molecule has 47 nitrogen and oxygen atoms in total. The van der Waals surface area contributed by atoms with E-state index in [-0.39, 0.29) is 154 Å². The van der Waals surface area contributed by atoms with Crippen LogP contribution in [0.15, 0.2) is 72.8 Å². The number of carboxylic acid groups (broad SMARTS) is 4. The molecule has 0 radical (unpaired) electrons. The lowest BCUT2D eigenvalue weighted by molar-refractivity contribution is -0.145. The molecule has 0 aliphatic carbocycles. The number of aliphatic carboxylic acids is 4. The summed E-state index contributed by atoms with van der Waals surface area (Å²) in [5, 5.41) is 150. The summed E-state index contributed by atoms with van der Waals surface area (Å²) in [6.45, 7) is 10.7. The Balaban J connectivity index is 0.816. The Hall–Kier alpha value is -13.4. The van der Waals surface area contributed by atoms with Gasteiger partial charge in [0, 0.05) is 174 Å². The lowest BCUT2D eigenvalue weighted by Gasteiger charge is -2.36. The molecule has 0 unspecified atom stereocenters. The largest absolute Gasteiger partial charge is 0.508 e. The van der Waals surface area contributed by atoms with Crippen LogP contribution in [-0.4, -0.2) is 408 Å². The molecule has 4 aromatic carbocycles. The zero-order valence-electron chi connectivity index (χ0n) is 76.4. The van der Waals surface area contributed by atoms with Crippen molar-refractivity contribution in [3.05, 3.63) is 107 Å². The maximum atomic E-state index is 14.5. The second-order valence-corrected chi connectivity index (χ2v) is 33.7. The number of hydrogen-bond donors (Lipinski definition) is 19. The fourth-order valence-corrected chi connectivity index (χ4v) is 15.8. The van der Waals surface area contributed by atoms with E-state index in [1.807, 2.05) is 52.0 Å². The lowest BCUT2D eigenvalue weighted by Crippen LogP contribution is -2.59. The molecule has 3 aliphatic rings. The van der Waals surface area contributed by atoms with Gasteiger partial charge in [0.1, 0.15) is 59.2 Å². The van der Waals surface area contributed by atoms with Crippen molar-refractivity contribution in [1.82, 2.24) is 111 Å². The molecule has 0 spiro atoms. The van der Waals surface area contributed by atoms with Crippen LogP contribution in [0.2, 0.25) is 0 Å². The number of nitrogens with zero attached hydrogens (tertiary/aromatic N) is 14. The van der Waals surface area contributed by atoms with Crippen molar-refractivity contribution in [2.24, 2.45) is 0 Å². The van der Waals surface area contributed by atoms with Crippen LogP contribution >= 0.6 is 0 Å². The quantitative estimate of drug-likeness (QED) is 0.0179. The monoisotopic (exact) mass is 1890 g/mol. The molecule has 3 aliphatic heterocycles. The number of piperazine rings is 2. The third-order valence-electron chi connectivity index (χ3n) is 23.2. The minimum Gasteiger partial charge on any atom is -0.508 e. The summed E-state index contributed by atoms with van der Waals surface area (Å²) in [6.07, 6.45) is -2.25. The summed E-state index contributed by atoms with van der Waals surface area (Å²) in [5.41, 5.74) is 4.21. The van der Waals surface area contributed by atoms with Gasteiger partial charge in [-0.1, -0.05) is 52.0 Å². The number of amides is 10. The maximum Gasteiger partial charge on any atom is 0.320 e. The van der Waals surface area contributed by atoms with E-state index in [0.717, 1.165) is 11.1 Å². The number of aliphatic hydroxyl groups excluding tert-OH is 3. The van der Waals surface area contributed by atoms with E-state index in [1.165, 1.54) is 52.7 Å². The summed E-state index contributed by atoms with van der Waals surface area (Å²) >= 11 is 0. The van der Waals surface area contributed by atoms with Gasteiger partial charge in [-0.2, -0.15) is 0 Å². The number of benzene rings is 4. The van der Waals surface area contributed by atoms with Crippen molar-refractivity contribution in [2.75, 3.05) is 164 Å². The van der Waals surface area contributed by atoms with E-state index in [9.17, 15) is 123 Å². The highest BCUT2D eigenvalue weighted by molar-refractivity contribution is 5.97. The van der Waals surface area contributed by atoms with Gasteiger partial charge in [-0.05, 0) is 97.7 Å². The zero-order chi connectivity index (χ0) is 98.6. The second kappa shape index (κ2) is 50.1. The van der Waals surface area contributed by atoms with Crippen molar-refractivity contribution in [2.45, 2.75) is 135 Å². The van der Waals surface area contributed by atoms with E-state index in [0.29, 0.717) is 68.3 Å². The van der Waals surface area contributed by atoms with Gasteiger partial charge in [0.2, 0.25) is 58.9 Å². The molecular weight excluding hydrogens is 1770 g/mol. The Bertz CT molecular complexity index is 5140. The third kappa shape index (κ3) is 29.5. The predicted molar refractivity (Wildman–Crippen MR) is 481 cm³/mol. The molecule has 0 saturated carbocycles. The number of aliphatic hydroxyl groups is 3. The van der Waals surface area contributed by atoms with Gasteiger partial charge in [-0.3, -0.25) is 106 Å². The summed E-state index contributed by atoms with van der Waals surface area (Å²) in [6, 6.07) is 10.2. The number of hydrogen-bond acceptors (Lipinski definition) is 31. The second-order valence-electron chi connectivity index (χ2n) is 33.7. The number of rotatable bonds is 43. The number of carbonyl (C=O) groups is 14. The first-order valence-corrected chi connectivity index (χ1v) is 44.5. The van der Waals surface area contributed by atoms with Gasteiger partial charge < -0.3 is 109 Å². The Labute approximate surface area is 777 Å². The van der Waals surface area contributed by atoms with Gasteiger partial charge in [0.05, 0.1) is 57.0 Å². The van der Waals surface area contributed by atoms with Crippen molar-refractivity contribution < 1.29 is 123 Å². The van der Waals surface area contributed by atoms with E-state index < -0.39 is 191 Å². The first-order chi connectivity index (χ1) is 64.3. The Morgan fingerprint density at radius 3 is 1.16 bits per heavy atom. The van der Waals surface area contributed by atoms with E-state index >= 15 is 0 Å². The predicted octanol–water partition coefficient (Wildman–Crippen LogP) is -3.23. The third-order valence-corrected chi connectivity index (χ3v) is 23.2. The highest BCUT2D eigenvalue weighted by Crippen LogP contribution is 2.40. The molecule has 9 rings (SSSR count). The molecule has 734 valence electrons. The topological polar surface area (TPSA) is 645 Å². The molecule has 19 N–H and O–H groups in total. The lowest BCUT2D eigenvalue weighted by atomic mass is 9.98. The molecule has 47 heteroatoms. The molecule has 5 heterocycles. The Morgan fingerprint density at radius 1 is 0.400 bits per heavy atom. The number of phenols is 4. The fraction of sp³-hybridized carbons (Fsp3) is 0.523. The first-order valence-electron chi connectivity index (χ1n) is 44.5. The summed E-state index contributed by atoms with van der Waals surface area (Å²) in [5.74, 6) is -14.4. The highest BCUT2D eigenvalue weighted by atomic mass is 16.4. The average molecular weight is 1890 g/mol. The van der Waals surface area contributed by atoms with Gasteiger partial charge in [-0.15, -0.1) is 20.4 Å². The number of phenolic OH excluding ortho intramolecular Hbond substituents is 4. The molecular formula is C88H122N22O25. The Morgan fingerprint density at radius 2 is 0.770 bits per heavy atom. The van der Waals surface area contributed by atoms with Crippen LogP contribution in [0, 0.1) is 0 Å². The summed E-state index contributed by atoms with van der Waals surface area (Å²) < 4.78 is 3.02. The number of nitrogens with one attached hydrogen (secondary N) is 8. The van der Waals surface area contributed by atoms with Gasteiger partial charge in [-0.25, -0.2) is 0 Å². The zero-order valence-corrected chi connectivity index (χ0v) is 76.4. The molecule has 0 bridgehead atoms. The SMILES string of the molecule is CCNC(=O)c1nnc(-c2cc(C(C)C)c(O)cc2O)n1-c1ccc(CN2CCN(C(=O)C[C@H](NC(=O)CCNC(=O)[C@H](CO)NC(=O)[C@H](CO)NC(=O)[C@H](CO)NC(=O)CC[C@H](C(=O)O)N3CCN(CC(=O)O)CCN(CC(=O)O)CCN(CC(=O)O)CC3)C(=O)N[C@H](C)C(=O)N3CCN(Cc4ccc(-n5c(C(=O)NCC)nnc5-c5cc(C(C)C)c(O)cc5O)cc4)CC3)CC2)cc1. The minimum absolute atomic E-state index is 0.0337. The van der Waals surface area contributed by atoms with E-state index in [4.69, 9.17) is 0 Å². The van der Waals surface area contributed by atoms with Crippen molar-refractivity contribution in [3.8, 4) is 57.1 Å². The normalized spacial score (nSPS) is 16.1. The van der Waals surface area contributed by atoms with Crippen molar-refractivity contribution >= 4 is 82.9 Å². The molecule has 10 amide bonds. The molecule has 135 heavy (non-hydrogen) atoms. The maximum absolute atomic E-state index is 14.5. The molecule has 2 aromatic heterocycles. The highest BCUT2D eigenvalue weighted by Gasteiger charge is 2.37. The number of carboxylic acids is 4. The standard InChI is InChI=1S/C88H122N22O25/c1-8-89-85(131)79-99-97-77(60-38-58(51(3)4)67(114)41-69(60)116)109(79)56-14-10-54(11-15-56)43-101-28-34-107(35-29-101)73(120)40-62(82(128)92-53(7)87(133)108-36-30-102(31-37-108)44-55-12-16-57(17-13-55)110-78(98-100-80(110)86(132)90-9-2)61-39-59(52(5)6)68(115)42-70(61)117)93-72(119)20-21-91-81(127)63(48-111)95-84(130)65(50-113)96-83(129)64(49-112)94-71(118)19-18-66(88(134)135)106-32-26-104(46-75(123)124)24-22-103(45-74(121)122)23-25-105(27-33-106)47-76(125)126/h10-17,38-39,41-42,51-53,62-66,111-117H,8-9,18-37,40,43-50H2,1-7H3,(H,89,131)(H,90,132)(H,91,127)(H,92,128)(H,93,119)(H,94,118)(H,95,130)(H,96,129)(H,121,122)(H,123,124)(H,125,126)(H,134,135)/t53-,62+,63+,64+,65+,66-/m1/s1. The van der Waals surface area contributed by atoms with Gasteiger partial charge in [0.15, 0.2) is 11.6 Å². The Kier molecular flexibility index (Phi) is 39.0. The van der Waals surface area contributed by atoms with E-state index in [1.54, 1.807) is 55.1 Å². The van der Waals surface area contributed by atoms with Crippen LogP contribution in [0.5, 0.6) is 23.0 Å². The van der Waals surface area contributed by atoms with Crippen LogP contribution in [0.1, 0.15) is 129 Å². The molecule has 3 fully saturated rings. The molecule has 3 saturated heterocycles. The van der Waals surface area contributed by atoms with Crippen LogP contribution in [0.25, 0.3) is 34.2 Å². The van der Waals surface area contributed by atoms with E-state index in [2.05, 4.69) is 72.7 Å². The number of aromatic hydroxyl groups is 4. The number of aromatic nitrogens is 6. The van der Waals surface area contributed by atoms with Crippen LogP contribution in [-0.2, 0) is 70.6 Å². The summed E-state index contributed by atoms with van der Waals surface area (Å²) in [7, 11) is 0. The fourth-order valence-electron chi connectivity index (χ4n) is 15.8. The molecule has 6 atom stereocenters. The smallest absolute Gasteiger partial charge is 0.320 e. The van der Waals surface area contributed by atoms with Gasteiger partial charge in [0.25, 0.3) is 11.8 Å². The van der Waals surface area contributed by atoms with Crippen LogP contribution in [0.4, 0.5) is 0 Å². The average Bonchev–Trinajstić information content (AvgIpc) is 1.65. The molecule has 6 aromatic rings. The van der Waals surface area contributed by atoms with Crippen LogP contribution < -0.4 is 42.5 Å². The first kappa shape index (κ1) is 105. The number of carbonyl (C=O) groups excluding carboxylic acids is 10.